The molecule has 1 heterocycles. The lowest BCUT2D eigenvalue weighted by molar-refractivity contribution is 0.0526. The zero-order chi connectivity index (χ0) is 18.4. The van der Waals surface area contributed by atoms with Crippen molar-refractivity contribution in [2.45, 2.75) is 13.8 Å². The van der Waals surface area contributed by atoms with Crippen LogP contribution in [0.25, 0.3) is 0 Å². The fourth-order valence-corrected chi connectivity index (χ4v) is 2.37. The molecule has 2 N–H and O–H groups in total. The first-order chi connectivity index (χ1) is 12.7. The molecule has 132 valence electrons. The number of hydrogen-bond donors (Lipinski definition) is 2. The molecule has 1 aromatic heterocycles. The van der Waals surface area contributed by atoms with Crippen LogP contribution >= 0.6 is 0 Å². The Balaban J connectivity index is 1.71. The quantitative estimate of drug-likeness (QED) is 0.641. The summed E-state index contributed by atoms with van der Waals surface area (Å²) in [5.74, 6) is 0.832. The molecule has 0 aliphatic rings. The molecule has 6 heteroatoms. The molecule has 6 nitrogen and oxygen atoms in total. The number of esters is 1. The number of aryl methyl sites for hydroxylation is 1. The number of rotatable bonds is 6. The molecular formula is C20H20N4O2. The lowest BCUT2D eigenvalue weighted by atomic mass is 10.2. The van der Waals surface area contributed by atoms with Gasteiger partial charge in [0.15, 0.2) is 0 Å². The summed E-state index contributed by atoms with van der Waals surface area (Å²) in [7, 11) is 0. The maximum atomic E-state index is 11.7. The highest BCUT2D eigenvalue weighted by Crippen LogP contribution is 2.20. The zero-order valence-corrected chi connectivity index (χ0v) is 14.7. The van der Waals surface area contributed by atoms with Crippen molar-refractivity contribution in [1.82, 2.24) is 9.97 Å². The predicted octanol–water partition coefficient (Wildman–Crippen LogP) is 4.45. The van der Waals surface area contributed by atoms with Crippen molar-refractivity contribution in [3.63, 3.8) is 0 Å². The molecule has 0 spiro atoms. The van der Waals surface area contributed by atoms with E-state index in [1.165, 1.54) is 0 Å². The molecule has 0 radical (unpaired) electrons. The number of hydrogen-bond acceptors (Lipinski definition) is 6. The van der Waals surface area contributed by atoms with Crippen LogP contribution in [0.1, 0.15) is 22.8 Å². The summed E-state index contributed by atoms with van der Waals surface area (Å²) in [6.07, 6.45) is 1.68. The number of anilines is 4. The average molecular weight is 348 g/mol. The van der Waals surface area contributed by atoms with Crippen LogP contribution in [0, 0.1) is 6.92 Å². The molecule has 3 rings (SSSR count). The van der Waals surface area contributed by atoms with E-state index >= 15 is 0 Å². The van der Waals surface area contributed by atoms with Crippen LogP contribution in [0.4, 0.5) is 23.1 Å². The highest BCUT2D eigenvalue weighted by Gasteiger charge is 2.06. The van der Waals surface area contributed by atoms with Gasteiger partial charge in [0, 0.05) is 17.6 Å². The molecule has 26 heavy (non-hydrogen) atoms. The summed E-state index contributed by atoms with van der Waals surface area (Å²) in [6, 6.07) is 16.8. The van der Waals surface area contributed by atoms with E-state index in [0.29, 0.717) is 23.9 Å². The van der Waals surface area contributed by atoms with Crippen LogP contribution in [0.15, 0.2) is 60.8 Å². The van der Waals surface area contributed by atoms with Crippen molar-refractivity contribution in [2.75, 3.05) is 17.2 Å². The second-order valence-electron chi connectivity index (χ2n) is 5.63. The second kappa shape index (κ2) is 8.11. The third-order valence-electron chi connectivity index (χ3n) is 3.72. The van der Waals surface area contributed by atoms with Gasteiger partial charge in [-0.1, -0.05) is 18.2 Å². The number of nitrogens with zero attached hydrogens (tertiary/aromatic N) is 2. The Kier molecular flexibility index (Phi) is 5.43. The Labute approximate surface area is 152 Å². The summed E-state index contributed by atoms with van der Waals surface area (Å²) in [5, 5.41) is 6.41. The zero-order valence-electron chi connectivity index (χ0n) is 14.7. The van der Waals surface area contributed by atoms with Gasteiger partial charge in [-0.05, 0) is 55.8 Å². The third-order valence-corrected chi connectivity index (χ3v) is 3.72. The van der Waals surface area contributed by atoms with Crippen LogP contribution in [0.5, 0.6) is 0 Å². The van der Waals surface area contributed by atoms with E-state index in [4.69, 9.17) is 4.74 Å². The molecule has 3 aromatic rings. The molecule has 0 amide bonds. The van der Waals surface area contributed by atoms with Crippen molar-refractivity contribution in [2.24, 2.45) is 0 Å². The number of ether oxygens (including phenoxy) is 1. The Morgan fingerprint density at radius 3 is 2.54 bits per heavy atom. The number of benzene rings is 2. The fraction of sp³-hybridized carbons (Fsp3) is 0.150. The van der Waals surface area contributed by atoms with E-state index in [2.05, 4.69) is 20.6 Å². The van der Waals surface area contributed by atoms with Gasteiger partial charge in [0.1, 0.15) is 5.82 Å². The summed E-state index contributed by atoms with van der Waals surface area (Å²) >= 11 is 0. The largest absolute Gasteiger partial charge is 0.462 e. The smallest absolute Gasteiger partial charge is 0.338 e. The van der Waals surface area contributed by atoms with Crippen LogP contribution in [0.3, 0.4) is 0 Å². The minimum Gasteiger partial charge on any atom is -0.462 e. The fourth-order valence-electron chi connectivity index (χ4n) is 2.37. The highest BCUT2D eigenvalue weighted by molar-refractivity contribution is 5.89. The van der Waals surface area contributed by atoms with Crippen molar-refractivity contribution in [3.05, 3.63) is 71.9 Å². The van der Waals surface area contributed by atoms with E-state index in [9.17, 15) is 4.79 Å². The van der Waals surface area contributed by atoms with Gasteiger partial charge in [-0.3, -0.25) is 0 Å². The van der Waals surface area contributed by atoms with Gasteiger partial charge < -0.3 is 15.4 Å². The first-order valence-corrected chi connectivity index (χ1v) is 8.35. The SMILES string of the molecule is CCOC(=O)c1ccc(Nc2ccnc(Nc3ccccc3C)n2)cc1. The summed E-state index contributed by atoms with van der Waals surface area (Å²) in [6.45, 7) is 4.16. The predicted molar refractivity (Wildman–Crippen MR) is 102 cm³/mol. The first kappa shape index (κ1) is 17.4. The molecule has 0 saturated carbocycles. The molecule has 0 unspecified atom stereocenters. The summed E-state index contributed by atoms with van der Waals surface area (Å²) < 4.78 is 4.98. The van der Waals surface area contributed by atoms with Crippen molar-refractivity contribution in [1.29, 1.82) is 0 Å². The molecule has 0 saturated heterocycles. The first-order valence-electron chi connectivity index (χ1n) is 8.35. The van der Waals surface area contributed by atoms with Crippen LogP contribution < -0.4 is 10.6 Å². The minimum atomic E-state index is -0.328. The molecule has 0 aliphatic heterocycles. The van der Waals surface area contributed by atoms with Crippen LogP contribution in [0.2, 0.25) is 0 Å². The van der Waals surface area contributed by atoms with Crippen LogP contribution in [-0.2, 0) is 4.74 Å². The molecular weight excluding hydrogens is 328 g/mol. The molecule has 0 fully saturated rings. The van der Waals surface area contributed by atoms with Gasteiger partial charge in [0.05, 0.1) is 12.2 Å². The van der Waals surface area contributed by atoms with E-state index in [1.54, 1.807) is 31.3 Å². The summed E-state index contributed by atoms with van der Waals surface area (Å²) in [5.41, 5.74) is 3.41. The molecule has 0 atom stereocenters. The Morgan fingerprint density at radius 2 is 1.81 bits per heavy atom. The van der Waals surface area contributed by atoms with Gasteiger partial charge in [-0.15, -0.1) is 0 Å². The van der Waals surface area contributed by atoms with Gasteiger partial charge in [-0.25, -0.2) is 9.78 Å². The van der Waals surface area contributed by atoms with Crippen molar-refractivity contribution in [3.8, 4) is 0 Å². The lowest BCUT2D eigenvalue weighted by Gasteiger charge is -2.10. The number of carbonyl (C=O) groups is 1. The van der Waals surface area contributed by atoms with Gasteiger partial charge in [0.25, 0.3) is 0 Å². The monoisotopic (exact) mass is 348 g/mol. The summed E-state index contributed by atoms with van der Waals surface area (Å²) in [4.78, 5) is 20.4. The van der Waals surface area contributed by atoms with Gasteiger partial charge in [-0.2, -0.15) is 4.98 Å². The van der Waals surface area contributed by atoms with E-state index in [-0.39, 0.29) is 5.97 Å². The van der Waals surface area contributed by atoms with E-state index < -0.39 is 0 Å². The van der Waals surface area contributed by atoms with E-state index in [0.717, 1.165) is 16.9 Å². The number of para-hydroxylation sites is 1. The number of carbonyl (C=O) groups excluding carboxylic acids is 1. The normalized spacial score (nSPS) is 10.2. The van der Waals surface area contributed by atoms with Crippen molar-refractivity contribution < 1.29 is 9.53 Å². The standard InChI is InChI=1S/C20H20N4O2/c1-3-26-19(25)15-8-10-16(11-9-15)22-18-12-13-21-20(24-18)23-17-7-5-4-6-14(17)2/h4-13H,3H2,1-2H3,(H2,21,22,23,24). The molecule has 2 aromatic carbocycles. The number of aromatic nitrogens is 2. The lowest BCUT2D eigenvalue weighted by Crippen LogP contribution is -2.04. The topological polar surface area (TPSA) is 76.1 Å². The maximum absolute atomic E-state index is 11.7. The third kappa shape index (κ3) is 4.36. The molecule has 0 bridgehead atoms. The van der Waals surface area contributed by atoms with E-state index in [1.807, 2.05) is 43.3 Å². The van der Waals surface area contributed by atoms with Gasteiger partial charge >= 0.3 is 5.97 Å². The van der Waals surface area contributed by atoms with Gasteiger partial charge in [0.2, 0.25) is 5.95 Å². The Hall–Kier alpha value is -3.41. The minimum absolute atomic E-state index is 0.328. The Morgan fingerprint density at radius 1 is 1.04 bits per heavy atom. The Bertz CT molecular complexity index is 894. The van der Waals surface area contributed by atoms with Crippen LogP contribution in [-0.4, -0.2) is 22.5 Å². The second-order valence-corrected chi connectivity index (χ2v) is 5.63. The number of nitrogens with one attached hydrogen (secondary N) is 2. The highest BCUT2D eigenvalue weighted by atomic mass is 16.5. The van der Waals surface area contributed by atoms with Crippen molar-refractivity contribution >= 4 is 29.1 Å². The maximum Gasteiger partial charge on any atom is 0.338 e. The average Bonchev–Trinajstić information content (AvgIpc) is 2.65. The molecule has 0 aliphatic carbocycles.